The molecule has 0 amide bonds. The fourth-order valence-electron chi connectivity index (χ4n) is 2.45. The van der Waals surface area contributed by atoms with E-state index in [4.69, 9.17) is 42.3 Å². The summed E-state index contributed by atoms with van der Waals surface area (Å²) in [7, 11) is 0. The van der Waals surface area contributed by atoms with Crippen molar-refractivity contribution in [1.82, 2.24) is 9.97 Å². The smallest absolute Gasteiger partial charge is 0.366 e. The molecule has 0 fully saturated rings. The molecule has 168 valence electrons. The fraction of sp³-hybridized carbons (Fsp3) is 0.273. The minimum atomic E-state index is -1.71. The van der Waals surface area contributed by atoms with E-state index < -0.39 is 11.0 Å². The third-order valence-electron chi connectivity index (χ3n) is 3.86. The Morgan fingerprint density at radius 2 is 1.78 bits per heavy atom. The molecule has 0 aliphatic carbocycles. The molecule has 0 radical (unpaired) electrons. The monoisotopic (exact) mass is 477 g/mol. The van der Waals surface area contributed by atoms with Crippen molar-refractivity contribution in [2.45, 2.75) is 25.8 Å². The molecule has 1 aromatic heterocycles. The molecule has 0 saturated heterocycles. The Hall–Kier alpha value is -3.10. The Labute approximate surface area is 195 Å². The Kier molecular flexibility index (Phi) is 7.71. The minimum Gasteiger partial charge on any atom is -0.461 e. The topological polar surface area (TPSA) is 92.1 Å². The number of halogens is 2. The van der Waals surface area contributed by atoms with Gasteiger partial charge < -0.3 is 19.0 Å². The third kappa shape index (κ3) is 6.70. The number of hydrogen-bond acceptors (Lipinski definition) is 8. The van der Waals surface area contributed by atoms with Crippen molar-refractivity contribution in [3.63, 3.8) is 0 Å². The summed E-state index contributed by atoms with van der Waals surface area (Å²) >= 11 is 12.2. The number of aromatic nitrogens is 2. The molecule has 0 spiro atoms. The molecular weight excluding hydrogens is 457 g/mol. The molecule has 1 heterocycles. The number of alkyl halides is 1. The first-order valence-electron chi connectivity index (χ1n) is 9.61. The number of carbonyl (C=O) groups is 1. The van der Waals surface area contributed by atoms with Crippen LogP contribution < -0.4 is 9.47 Å². The van der Waals surface area contributed by atoms with Gasteiger partial charge in [0.1, 0.15) is 18.1 Å². The molecule has 3 rings (SSSR count). The summed E-state index contributed by atoms with van der Waals surface area (Å²) in [4.78, 5) is 25.8. The van der Waals surface area contributed by atoms with Crippen LogP contribution in [0.4, 0.5) is 0 Å². The summed E-state index contributed by atoms with van der Waals surface area (Å²) in [6.07, 6.45) is 1.51. The first-order chi connectivity index (χ1) is 15.2. The van der Waals surface area contributed by atoms with Gasteiger partial charge in [-0.3, -0.25) is 0 Å². The van der Waals surface area contributed by atoms with Gasteiger partial charge in [0.25, 0.3) is 5.06 Å². The van der Waals surface area contributed by atoms with Crippen molar-refractivity contribution in [1.29, 1.82) is 0 Å². The number of rotatable bonds is 9. The molecule has 0 saturated carbocycles. The maximum Gasteiger partial charge on any atom is 0.366 e. The van der Waals surface area contributed by atoms with E-state index in [1.165, 1.54) is 13.1 Å². The van der Waals surface area contributed by atoms with E-state index in [0.29, 0.717) is 33.4 Å². The van der Waals surface area contributed by atoms with Gasteiger partial charge in [0.05, 0.1) is 22.9 Å². The SMILES string of the molecule is CC(C)=NOCCOC(=O)[C@](C)(Cl)Oc1ccc(Oc2cnc3cc(Cl)ccc3n2)cc1. The fourth-order valence-corrected chi connectivity index (χ4v) is 2.76. The molecule has 2 aromatic carbocycles. The van der Waals surface area contributed by atoms with Gasteiger partial charge in [0.2, 0.25) is 5.88 Å². The second-order valence-corrected chi connectivity index (χ2v) is 8.10. The largest absolute Gasteiger partial charge is 0.461 e. The minimum absolute atomic E-state index is 0.00689. The van der Waals surface area contributed by atoms with E-state index in [2.05, 4.69) is 15.1 Å². The summed E-state index contributed by atoms with van der Waals surface area (Å²) < 4.78 is 16.4. The van der Waals surface area contributed by atoms with Crippen LogP contribution in [0.3, 0.4) is 0 Å². The molecule has 0 bridgehead atoms. The maximum atomic E-state index is 12.2. The molecule has 0 aliphatic rings. The molecule has 1 atom stereocenters. The highest BCUT2D eigenvalue weighted by molar-refractivity contribution is 6.32. The van der Waals surface area contributed by atoms with Crippen LogP contribution in [-0.2, 0) is 14.4 Å². The lowest BCUT2D eigenvalue weighted by atomic mass is 10.3. The van der Waals surface area contributed by atoms with E-state index in [0.717, 1.165) is 5.71 Å². The summed E-state index contributed by atoms with van der Waals surface area (Å²) in [6.45, 7) is 5.08. The number of nitrogens with zero attached hydrogens (tertiary/aromatic N) is 3. The van der Waals surface area contributed by atoms with Gasteiger partial charge in [-0.25, -0.2) is 14.8 Å². The zero-order valence-electron chi connectivity index (χ0n) is 17.7. The van der Waals surface area contributed by atoms with Crippen molar-refractivity contribution in [2.75, 3.05) is 13.2 Å². The quantitative estimate of drug-likeness (QED) is 0.134. The van der Waals surface area contributed by atoms with Gasteiger partial charge >= 0.3 is 5.97 Å². The Balaban J connectivity index is 1.56. The van der Waals surface area contributed by atoms with Gasteiger partial charge in [-0.2, -0.15) is 0 Å². The lowest BCUT2D eigenvalue weighted by Gasteiger charge is -2.22. The predicted molar refractivity (Wildman–Crippen MR) is 122 cm³/mol. The van der Waals surface area contributed by atoms with Crippen molar-refractivity contribution in [2.24, 2.45) is 5.16 Å². The standard InChI is InChI=1S/C22H21Cl2N3O5/c1-14(2)27-30-11-10-29-21(28)22(3,24)32-17-7-5-16(6-8-17)31-20-13-25-19-12-15(23)4-9-18(19)26-20/h4-9,12-13H,10-11H2,1-3H3/t22-/m1/s1. The number of hydrogen-bond donors (Lipinski definition) is 0. The number of ether oxygens (including phenoxy) is 3. The molecule has 0 N–H and O–H groups in total. The molecule has 10 heteroatoms. The molecular formula is C22H21Cl2N3O5. The Morgan fingerprint density at radius 1 is 1.06 bits per heavy atom. The van der Waals surface area contributed by atoms with Crippen LogP contribution in [0, 0.1) is 0 Å². The van der Waals surface area contributed by atoms with Crippen molar-refractivity contribution in [3.8, 4) is 17.4 Å². The van der Waals surface area contributed by atoms with Crippen LogP contribution >= 0.6 is 23.2 Å². The van der Waals surface area contributed by atoms with Gasteiger partial charge in [0, 0.05) is 11.9 Å². The first-order valence-corrected chi connectivity index (χ1v) is 10.4. The van der Waals surface area contributed by atoms with Crippen LogP contribution in [0.2, 0.25) is 5.02 Å². The van der Waals surface area contributed by atoms with Gasteiger partial charge in [-0.15, -0.1) is 0 Å². The van der Waals surface area contributed by atoms with Crippen LogP contribution in [0.25, 0.3) is 11.0 Å². The summed E-state index contributed by atoms with van der Waals surface area (Å²) in [5.41, 5.74) is 2.08. The predicted octanol–water partition coefficient (Wildman–Crippen LogP) is 5.36. The number of oxime groups is 1. The van der Waals surface area contributed by atoms with E-state index in [9.17, 15) is 4.79 Å². The number of esters is 1. The third-order valence-corrected chi connectivity index (χ3v) is 4.32. The zero-order chi connectivity index (χ0) is 23.1. The highest BCUT2D eigenvalue weighted by atomic mass is 35.5. The summed E-state index contributed by atoms with van der Waals surface area (Å²) in [6, 6.07) is 11.7. The van der Waals surface area contributed by atoms with Crippen LogP contribution in [0.5, 0.6) is 17.4 Å². The van der Waals surface area contributed by atoms with E-state index >= 15 is 0 Å². The van der Waals surface area contributed by atoms with E-state index in [-0.39, 0.29) is 13.2 Å². The molecule has 3 aromatic rings. The first kappa shape index (κ1) is 23.6. The maximum absolute atomic E-state index is 12.2. The highest BCUT2D eigenvalue weighted by Crippen LogP contribution is 2.28. The van der Waals surface area contributed by atoms with Crippen LogP contribution in [-0.4, -0.2) is 39.9 Å². The number of benzene rings is 2. The molecule has 32 heavy (non-hydrogen) atoms. The highest BCUT2D eigenvalue weighted by Gasteiger charge is 2.35. The second-order valence-electron chi connectivity index (χ2n) is 6.94. The van der Waals surface area contributed by atoms with Crippen LogP contribution in [0.1, 0.15) is 20.8 Å². The normalized spacial score (nSPS) is 12.5. The summed E-state index contributed by atoms with van der Waals surface area (Å²) in [5, 5.41) is 2.62. The molecule has 0 unspecified atom stereocenters. The van der Waals surface area contributed by atoms with Gasteiger partial charge in [-0.05, 0) is 56.3 Å². The van der Waals surface area contributed by atoms with Crippen LogP contribution in [0.15, 0.2) is 53.8 Å². The van der Waals surface area contributed by atoms with Crippen molar-refractivity contribution < 1.29 is 23.8 Å². The van der Waals surface area contributed by atoms with E-state index in [1.807, 2.05) is 0 Å². The Morgan fingerprint density at radius 3 is 2.50 bits per heavy atom. The van der Waals surface area contributed by atoms with E-state index in [1.54, 1.807) is 56.3 Å². The number of fused-ring (bicyclic) bond motifs is 1. The average Bonchev–Trinajstić information content (AvgIpc) is 2.74. The zero-order valence-corrected chi connectivity index (χ0v) is 19.2. The average molecular weight is 478 g/mol. The molecule has 8 nitrogen and oxygen atoms in total. The Bertz CT molecular complexity index is 1120. The van der Waals surface area contributed by atoms with Crippen molar-refractivity contribution in [3.05, 3.63) is 53.7 Å². The number of carbonyl (C=O) groups excluding carboxylic acids is 1. The van der Waals surface area contributed by atoms with Gasteiger partial charge in [-0.1, -0.05) is 28.4 Å². The van der Waals surface area contributed by atoms with Gasteiger partial charge in [0.15, 0.2) is 6.61 Å². The lowest BCUT2D eigenvalue weighted by Crippen LogP contribution is -2.37. The summed E-state index contributed by atoms with van der Waals surface area (Å²) in [5.74, 6) is 0.437. The van der Waals surface area contributed by atoms with Crippen molar-refractivity contribution >= 4 is 45.9 Å². The molecule has 0 aliphatic heterocycles. The lowest BCUT2D eigenvalue weighted by molar-refractivity contribution is -0.155. The second kappa shape index (κ2) is 10.5.